The zero-order valence-corrected chi connectivity index (χ0v) is 11.6. The number of ether oxygens (including phenoxy) is 1. The molecule has 4 nitrogen and oxygen atoms in total. The minimum absolute atomic E-state index is 0.407. The Balaban J connectivity index is 1.93. The van der Waals surface area contributed by atoms with Crippen LogP contribution >= 0.6 is 23.1 Å². The maximum atomic E-state index is 5.81. The van der Waals surface area contributed by atoms with Gasteiger partial charge in [0.25, 0.3) is 0 Å². The van der Waals surface area contributed by atoms with Gasteiger partial charge in [-0.3, -0.25) is 0 Å². The van der Waals surface area contributed by atoms with E-state index in [4.69, 9.17) is 16.3 Å². The van der Waals surface area contributed by atoms with Gasteiger partial charge in [-0.1, -0.05) is 23.0 Å². The lowest BCUT2D eigenvalue weighted by molar-refractivity contribution is 0.301. The lowest BCUT2D eigenvalue weighted by Crippen LogP contribution is -2.03. The monoisotopic (exact) mass is 283 g/mol. The topological polar surface area (TPSA) is 47.0 Å². The van der Waals surface area contributed by atoms with Crippen molar-refractivity contribution in [2.24, 2.45) is 0 Å². The minimum Gasteiger partial charge on any atom is -0.487 e. The Morgan fingerprint density at radius 1 is 1.33 bits per heavy atom. The molecule has 0 bridgehead atoms. The van der Waals surface area contributed by atoms with Crippen LogP contribution in [0.3, 0.4) is 0 Å². The number of halogens is 1. The van der Waals surface area contributed by atoms with E-state index in [-0.39, 0.29) is 0 Å². The second kappa shape index (κ2) is 6.56. The summed E-state index contributed by atoms with van der Waals surface area (Å²) in [5.74, 6) is 0.772. The number of anilines is 1. The first kappa shape index (κ1) is 13.1. The summed E-state index contributed by atoms with van der Waals surface area (Å²) < 4.78 is 9.56. The SMILES string of the molecule is CCCNc1snnc1COc1ccc(Cl)cc1. The molecule has 0 unspecified atom stereocenters. The molecule has 0 radical (unpaired) electrons. The van der Waals surface area contributed by atoms with Crippen molar-refractivity contribution in [2.45, 2.75) is 20.0 Å². The van der Waals surface area contributed by atoms with Crippen LogP contribution in [0.15, 0.2) is 24.3 Å². The van der Waals surface area contributed by atoms with Gasteiger partial charge in [0.15, 0.2) is 0 Å². The molecule has 1 heterocycles. The van der Waals surface area contributed by atoms with Crippen molar-refractivity contribution in [3.63, 3.8) is 0 Å². The second-order valence-corrected chi connectivity index (χ2v) is 4.91. The number of aromatic nitrogens is 2. The van der Waals surface area contributed by atoms with Crippen molar-refractivity contribution < 1.29 is 4.74 Å². The summed E-state index contributed by atoms with van der Waals surface area (Å²) >= 11 is 7.16. The standard InChI is InChI=1S/C12H14ClN3OS/c1-2-7-14-12-11(15-16-18-12)8-17-10-5-3-9(13)4-6-10/h3-6,14H,2,7-8H2,1H3. The van der Waals surface area contributed by atoms with Crippen LogP contribution in [0, 0.1) is 0 Å². The summed E-state index contributed by atoms with van der Waals surface area (Å²) in [5.41, 5.74) is 0.836. The molecule has 0 aliphatic heterocycles. The van der Waals surface area contributed by atoms with E-state index in [0.717, 1.165) is 29.4 Å². The number of hydrogen-bond acceptors (Lipinski definition) is 5. The van der Waals surface area contributed by atoms with E-state index >= 15 is 0 Å². The van der Waals surface area contributed by atoms with Gasteiger partial charge in [0.05, 0.1) is 0 Å². The van der Waals surface area contributed by atoms with E-state index in [1.54, 1.807) is 12.1 Å². The van der Waals surface area contributed by atoms with Crippen LogP contribution in [0.1, 0.15) is 19.0 Å². The summed E-state index contributed by atoms with van der Waals surface area (Å²) in [5, 5.41) is 9.01. The molecule has 1 aromatic carbocycles. The fraction of sp³-hybridized carbons (Fsp3) is 0.333. The number of nitrogens with one attached hydrogen (secondary N) is 1. The zero-order valence-electron chi connectivity index (χ0n) is 10.0. The van der Waals surface area contributed by atoms with Gasteiger partial charge in [-0.15, -0.1) is 5.10 Å². The van der Waals surface area contributed by atoms with Gasteiger partial charge < -0.3 is 10.1 Å². The molecular formula is C12H14ClN3OS. The molecule has 2 aromatic rings. The third-order valence-corrected chi connectivity index (χ3v) is 3.26. The first-order valence-electron chi connectivity index (χ1n) is 5.73. The Bertz CT molecular complexity index is 486. The number of nitrogens with zero attached hydrogens (tertiary/aromatic N) is 2. The predicted molar refractivity (Wildman–Crippen MR) is 74.5 cm³/mol. The predicted octanol–water partition coefficient (Wildman–Crippen LogP) is 3.59. The van der Waals surface area contributed by atoms with Crippen molar-refractivity contribution in [1.29, 1.82) is 0 Å². The summed E-state index contributed by atoms with van der Waals surface area (Å²) in [4.78, 5) is 0. The van der Waals surface area contributed by atoms with Gasteiger partial charge in [-0.05, 0) is 30.7 Å². The van der Waals surface area contributed by atoms with Gasteiger partial charge in [-0.2, -0.15) is 0 Å². The average Bonchev–Trinajstić information content (AvgIpc) is 2.83. The summed E-state index contributed by atoms with van der Waals surface area (Å²) in [6.07, 6.45) is 1.06. The number of rotatable bonds is 6. The van der Waals surface area contributed by atoms with Gasteiger partial charge >= 0.3 is 0 Å². The Morgan fingerprint density at radius 2 is 2.11 bits per heavy atom. The fourth-order valence-corrected chi connectivity index (χ4v) is 2.08. The molecule has 96 valence electrons. The third-order valence-electron chi connectivity index (χ3n) is 2.28. The van der Waals surface area contributed by atoms with Crippen molar-refractivity contribution in [2.75, 3.05) is 11.9 Å². The maximum Gasteiger partial charge on any atom is 0.136 e. The van der Waals surface area contributed by atoms with E-state index in [0.29, 0.717) is 11.6 Å². The van der Waals surface area contributed by atoms with E-state index < -0.39 is 0 Å². The van der Waals surface area contributed by atoms with Gasteiger partial charge in [0.1, 0.15) is 23.1 Å². The Labute approximate surface area is 115 Å². The molecule has 0 aliphatic carbocycles. The van der Waals surface area contributed by atoms with Crippen LogP contribution in [-0.4, -0.2) is 16.1 Å². The van der Waals surface area contributed by atoms with Crippen molar-refractivity contribution in [1.82, 2.24) is 9.59 Å². The largest absolute Gasteiger partial charge is 0.487 e. The summed E-state index contributed by atoms with van der Waals surface area (Å²) in [6.45, 7) is 3.44. The molecule has 0 atom stereocenters. The first-order valence-corrected chi connectivity index (χ1v) is 6.88. The van der Waals surface area contributed by atoms with Gasteiger partial charge in [0.2, 0.25) is 0 Å². The quantitative estimate of drug-likeness (QED) is 0.880. The number of benzene rings is 1. The Kier molecular flexibility index (Phi) is 4.78. The van der Waals surface area contributed by atoms with Crippen LogP contribution < -0.4 is 10.1 Å². The van der Waals surface area contributed by atoms with E-state index in [1.165, 1.54) is 11.5 Å². The van der Waals surface area contributed by atoms with Crippen LogP contribution in [-0.2, 0) is 6.61 Å². The molecule has 18 heavy (non-hydrogen) atoms. The molecule has 0 saturated carbocycles. The van der Waals surface area contributed by atoms with Crippen molar-refractivity contribution in [3.05, 3.63) is 35.0 Å². The fourth-order valence-electron chi connectivity index (χ4n) is 1.36. The molecule has 0 fully saturated rings. The molecule has 6 heteroatoms. The normalized spacial score (nSPS) is 10.3. The van der Waals surface area contributed by atoms with Crippen molar-refractivity contribution in [3.8, 4) is 5.75 Å². The van der Waals surface area contributed by atoms with Crippen LogP contribution in [0.25, 0.3) is 0 Å². The highest BCUT2D eigenvalue weighted by molar-refractivity contribution is 7.10. The zero-order chi connectivity index (χ0) is 12.8. The highest BCUT2D eigenvalue weighted by Crippen LogP contribution is 2.21. The van der Waals surface area contributed by atoms with Crippen LogP contribution in [0.4, 0.5) is 5.00 Å². The molecule has 0 saturated heterocycles. The van der Waals surface area contributed by atoms with E-state index in [9.17, 15) is 0 Å². The molecular weight excluding hydrogens is 270 g/mol. The van der Waals surface area contributed by atoms with Gasteiger partial charge in [0, 0.05) is 23.1 Å². The molecule has 0 aliphatic rings. The average molecular weight is 284 g/mol. The Morgan fingerprint density at radius 3 is 2.83 bits per heavy atom. The Hall–Kier alpha value is -1.33. The summed E-state index contributed by atoms with van der Waals surface area (Å²) in [6, 6.07) is 7.27. The second-order valence-electron chi connectivity index (χ2n) is 3.72. The molecule has 0 amide bonds. The maximum absolute atomic E-state index is 5.81. The van der Waals surface area contributed by atoms with Gasteiger partial charge in [-0.25, -0.2) is 0 Å². The number of hydrogen-bond donors (Lipinski definition) is 1. The lowest BCUT2D eigenvalue weighted by Gasteiger charge is -2.06. The highest BCUT2D eigenvalue weighted by Gasteiger charge is 2.07. The molecule has 1 N–H and O–H groups in total. The lowest BCUT2D eigenvalue weighted by atomic mass is 10.3. The first-order chi connectivity index (χ1) is 8.79. The smallest absolute Gasteiger partial charge is 0.136 e. The summed E-state index contributed by atoms with van der Waals surface area (Å²) in [7, 11) is 0. The minimum atomic E-state index is 0.407. The van der Waals surface area contributed by atoms with Crippen LogP contribution in [0.5, 0.6) is 5.75 Å². The van der Waals surface area contributed by atoms with E-state index in [2.05, 4.69) is 21.8 Å². The van der Waals surface area contributed by atoms with Crippen molar-refractivity contribution >= 4 is 28.1 Å². The van der Waals surface area contributed by atoms with Crippen LogP contribution in [0.2, 0.25) is 5.02 Å². The van der Waals surface area contributed by atoms with E-state index in [1.807, 2.05) is 12.1 Å². The molecule has 2 rings (SSSR count). The molecule has 1 aromatic heterocycles. The molecule has 0 spiro atoms. The highest BCUT2D eigenvalue weighted by atomic mass is 35.5. The third kappa shape index (κ3) is 3.58.